The number of nitrogens with zero attached hydrogens (tertiary/aromatic N) is 1. The van der Waals surface area contributed by atoms with Gasteiger partial charge in [-0.3, -0.25) is 0 Å². The number of hydrogen-bond donors (Lipinski definition) is 0. The Labute approximate surface area is 89.5 Å². The van der Waals surface area contributed by atoms with Gasteiger partial charge >= 0.3 is 0 Å². The molecule has 0 aliphatic carbocycles. The van der Waals surface area contributed by atoms with Crippen molar-refractivity contribution in [3.8, 4) is 0 Å². The molecular weight excluding hydrogens is 194 g/mol. The molecule has 0 spiro atoms. The third kappa shape index (κ3) is 1.33. The summed E-state index contributed by atoms with van der Waals surface area (Å²) >= 11 is 5.00. The van der Waals surface area contributed by atoms with E-state index in [-0.39, 0.29) is 0 Å². The second kappa shape index (κ2) is 3.33. The fourth-order valence-corrected chi connectivity index (χ4v) is 1.86. The summed E-state index contributed by atoms with van der Waals surface area (Å²) in [6.45, 7) is 2.61. The first-order chi connectivity index (χ1) is 6.67. The van der Waals surface area contributed by atoms with E-state index < -0.39 is 5.72 Å². The van der Waals surface area contributed by atoms with Gasteiger partial charge < -0.3 is 9.64 Å². The maximum atomic E-state index is 5.72. The molecule has 1 heterocycles. The van der Waals surface area contributed by atoms with Gasteiger partial charge in [0.2, 0.25) is 0 Å². The second-order valence-electron chi connectivity index (χ2n) is 3.65. The van der Waals surface area contributed by atoms with Crippen LogP contribution in [-0.4, -0.2) is 18.1 Å². The summed E-state index contributed by atoms with van der Waals surface area (Å²) in [5.41, 5.74) is 1.95. The molecule has 1 aliphatic rings. The number of para-hydroxylation sites is 1. The van der Waals surface area contributed by atoms with Crippen molar-refractivity contribution in [1.82, 2.24) is 0 Å². The molecule has 0 radical (unpaired) electrons. The Hall–Kier alpha value is -0.930. The average molecular weight is 207 g/mol. The van der Waals surface area contributed by atoms with Crippen LogP contribution in [0.2, 0.25) is 0 Å². The molecule has 1 aromatic rings. The summed E-state index contributed by atoms with van der Waals surface area (Å²) in [5.74, 6) is 0. The Balaban J connectivity index is 2.46. The van der Waals surface area contributed by atoms with Gasteiger partial charge in [0.25, 0.3) is 0 Å². The Morgan fingerprint density at radius 3 is 2.93 bits per heavy atom. The number of hydrogen-bond acceptors (Lipinski definition) is 3. The van der Waals surface area contributed by atoms with Crippen LogP contribution in [0.25, 0.3) is 0 Å². The molecule has 74 valence electrons. The first-order valence-electron chi connectivity index (χ1n) is 4.59. The minimum atomic E-state index is -0.455. The maximum absolute atomic E-state index is 5.72. The lowest BCUT2D eigenvalue weighted by atomic mass is 10.1. The highest BCUT2D eigenvalue weighted by atomic mass is 32.1. The van der Waals surface area contributed by atoms with E-state index in [1.54, 1.807) is 5.37 Å². The maximum Gasteiger partial charge on any atom is 0.168 e. The molecular formula is C11H13NOS. The fraction of sp³-hybridized carbons (Fsp3) is 0.364. The zero-order valence-electron chi connectivity index (χ0n) is 8.36. The van der Waals surface area contributed by atoms with E-state index in [0.717, 1.165) is 0 Å². The molecule has 1 aromatic carbocycles. The van der Waals surface area contributed by atoms with Crippen LogP contribution >= 0.6 is 12.2 Å². The minimum Gasteiger partial charge on any atom is -0.347 e. The lowest BCUT2D eigenvalue weighted by Gasteiger charge is -2.41. The highest BCUT2D eigenvalue weighted by Gasteiger charge is 2.32. The summed E-state index contributed by atoms with van der Waals surface area (Å²) in [4.78, 5) is 2.07. The number of rotatable bonds is 1. The number of fused-ring (bicyclic) bond motifs is 1. The van der Waals surface area contributed by atoms with Crippen LogP contribution < -0.4 is 4.90 Å². The lowest BCUT2D eigenvalue weighted by Crippen LogP contribution is -2.50. The van der Waals surface area contributed by atoms with Crippen LogP contribution in [0, 0.1) is 0 Å². The molecule has 1 aliphatic heterocycles. The normalized spacial score (nSPS) is 25.7. The van der Waals surface area contributed by atoms with Crippen LogP contribution in [-0.2, 0) is 11.3 Å². The monoisotopic (exact) mass is 207 g/mol. The van der Waals surface area contributed by atoms with Gasteiger partial charge in [0, 0.05) is 23.7 Å². The summed E-state index contributed by atoms with van der Waals surface area (Å²) < 4.78 is 5.72. The third-order valence-corrected chi connectivity index (χ3v) is 3.19. The first kappa shape index (κ1) is 9.62. The highest BCUT2D eigenvalue weighted by Crippen LogP contribution is 2.32. The molecule has 0 bridgehead atoms. The molecule has 0 saturated carbocycles. The highest BCUT2D eigenvalue weighted by molar-refractivity contribution is 7.79. The number of ether oxygens (including phenoxy) is 1. The molecule has 1 unspecified atom stereocenters. The molecule has 0 saturated heterocycles. The smallest absolute Gasteiger partial charge is 0.168 e. The van der Waals surface area contributed by atoms with Crippen molar-refractivity contribution in [1.29, 1.82) is 0 Å². The Morgan fingerprint density at radius 1 is 1.50 bits per heavy atom. The summed E-state index contributed by atoms with van der Waals surface area (Å²) in [7, 11) is 2.00. The van der Waals surface area contributed by atoms with Gasteiger partial charge in [-0.05, 0) is 13.0 Å². The van der Waals surface area contributed by atoms with E-state index in [0.29, 0.717) is 6.61 Å². The van der Waals surface area contributed by atoms with E-state index in [2.05, 4.69) is 17.0 Å². The molecule has 0 N–H and O–H groups in total. The van der Waals surface area contributed by atoms with Gasteiger partial charge in [-0.2, -0.15) is 0 Å². The van der Waals surface area contributed by atoms with Crippen molar-refractivity contribution in [3.05, 3.63) is 29.8 Å². The SMILES string of the molecule is CN1c2ccccc2COC1(C)C=S. The Bertz CT molecular complexity index is 366. The molecule has 0 amide bonds. The Kier molecular flexibility index (Phi) is 2.29. The third-order valence-electron chi connectivity index (χ3n) is 2.76. The van der Waals surface area contributed by atoms with Crippen LogP contribution in [0.15, 0.2) is 24.3 Å². The first-order valence-corrected chi connectivity index (χ1v) is 5.06. The van der Waals surface area contributed by atoms with Crippen LogP contribution in [0.3, 0.4) is 0 Å². The van der Waals surface area contributed by atoms with E-state index in [9.17, 15) is 0 Å². The second-order valence-corrected chi connectivity index (χ2v) is 3.88. The molecule has 0 fully saturated rings. The summed E-state index contributed by atoms with van der Waals surface area (Å²) in [6, 6.07) is 8.23. The predicted octanol–water partition coefficient (Wildman–Crippen LogP) is 2.37. The Morgan fingerprint density at radius 2 is 2.21 bits per heavy atom. The molecule has 1 atom stereocenters. The standard InChI is InChI=1S/C11H13NOS/c1-11(8-14)12(2)10-6-4-3-5-9(10)7-13-11/h3-6,8H,7H2,1-2H3. The van der Waals surface area contributed by atoms with Gasteiger partial charge in [-0.1, -0.05) is 30.4 Å². The van der Waals surface area contributed by atoms with Crippen LogP contribution in [0.5, 0.6) is 0 Å². The van der Waals surface area contributed by atoms with E-state index in [1.807, 2.05) is 26.1 Å². The number of thiocarbonyl (C=S) groups is 1. The van der Waals surface area contributed by atoms with Crippen molar-refractivity contribution < 1.29 is 4.74 Å². The van der Waals surface area contributed by atoms with Crippen molar-refractivity contribution in [2.45, 2.75) is 19.3 Å². The van der Waals surface area contributed by atoms with E-state index in [4.69, 9.17) is 17.0 Å². The molecule has 14 heavy (non-hydrogen) atoms. The molecule has 3 heteroatoms. The van der Waals surface area contributed by atoms with Crippen LogP contribution in [0.4, 0.5) is 5.69 Å². The quantitative estimate of drug-likeness (QED) is 0.656. The zero-order chi connectivity index (χ0) is 10.2. The van der Waals surface area contributed by atoms with Gasteiger partial charge in [0.15, 0.2) is 5.72 Å². The minimum absolute atomic E-state index is 0.455. The number of benzene rings is 1. The molecule has 2 rings (SSSR count). The van der Waals surface area contributed by atoms with Crippen molar-refractivity contribution in [2.75, 3.05) is 11.9 Å². The topological polar surface area (TPSA) is 12.5 Å². The average Bonchev–Trinajstić information content (AvgIpc) is 2.24. The summed E-state index contributed by atoms with van der Waals surface area (Å²) in [5, 5.41) is 1.67. The molecule has 0 aromatic heterocycles. The predicted molar refractivity (Wildman–Crippen MR) is 61.7 cm³/mol. The van der Waals surface area contributed by atoms with Gasteiger partial charge in [0.05, 0.1) is 6.61 Å². The number of anilines is 1. The van der Waals surface area contributed by atoms with E-state index >= 15 is 0 Å². The van der Waals surface area contributed by atoms with E-state index in [1.165, 1.54) is 11.3 Å². The van der Waals surface area contributed by atoms with Gasteiger partial charge in [0.1, 0.15) is 0 Å². The largest absolute Gasteiger partial charge is 0.347 e. The van der Waals surface area contributed by atoms with Gasteiger partial charge in [-0.15, -0.1) is 0 Å². The summed E-state index contributed by atoms with van der Waals surface area (Å²) in [6.07, 6.45) is 0. The zero-order valence-corrected chi connectivity index (χ0v) is 9.17. The van der Waals surface area contributed by atoms with Gasteiger partial charge in [-0.25, -0.2) is 0 Å². The lowest BCUT2D eigenvalue weighted by molar-refractivity contribution is 0.00493. The van der Waals surface area contributed by atoms with Crippen molar-refractivity contribution in [2.24, 2.45) is 0 Å². The van der Waals surface area contributed by atoms with Crippen molar-refractivity contribution in [3.63, 3.8) is 0 Å². The molecule has 2 nitrogen and oxygen atoms in total. The fourth-order valence-electron chi connectivity index (χ4n) is 1.63. The van der Waals surface area contributed by atoms with Crippen molar-refractivity contribution >= 4 is 23.3 Å². The van der Waals surface area contributed by atoms with Crippen LogP contribution in [0.1, 0.15) is 12.5 Å².